The van der Waals surface area contributed by atoms with Crippen molar-refractivity contribution in [3.63, 3.8) is 0 Å². The van der Waals surface area contributed by atoms with Gasteiger partial charge in [-0.05, 0) is 55.5 Å². The molecule has 0 aliphatic carbocycles. The van der Waals surface area contributed by atoms with Crippen molar-refractivity contribution in [2.24, 2.45) is 17.3 Å². The minimum Gasteiger partial charge on any atom is -0.384 e. The molecular weight excluding hydrogens is 414 g/mol. The van der Waals surface area contributed by atoms with Crippen molar-refractivity contribution in [2.45, 2.75) is 58.6 Å². The van der Waals surface area contributed by atoms with Crippen LogP contribution >= 0.6 is 11.6 Å². The summed E-state index contributed by atoms with van der Waals surface area (Å²) in [6.07, 6.45) is 1.88. The Hall–Kier alpha value is -1.63. The van der Waals surface area contributed by atoms with Gasteiger partial charge in [-0.3, -0.25) is 9.59 Å². The molecule has 3 N–H and O–H groups in total. The van der Waals surface area contributed by atoms with Crippen molar-refractivity contribution in [1.82, 2.24) is 15.5 Å². The molecule has 1 aromatic carbocycles. The predicted octanol–water partition coefficient (Wildman–Crippen LogP) is 2.93. The highest BCUT2D eigenvalue weighted by Crippen LogP contribution is 2.46. The number of likely N-dealkylation sites (tertiary alicyclic amines) is 1. The molecule has 2 aliphatic rings. The average Bonchev–Trinajstić information content (AvgIpc) is 3.21. The predicted molar refractivity (Wildman–Crippen MR) is 123 cm³/mol. The third-order valence-corrected chi connectivity index (χ3v) is 7.22. The van der Waals surface area contributed by atoms with Crippen LogP contribution in [0.25, 0.3) is 0 Å². The summed E-state index contributed by atoms with van der Waals surface area (Å²) in [6.45, 7) is 10.5. The van der Waals surface area contributed by atoms with Gasteiger partial charge in [-0.25, -0.2) is 0 Å². The number of carbonyl (C=O) groups is 2. The number of rotatable bonds is 6. The van der Waals surface area contributed by atoms with Crippen LogP contribution in [0, 0.1) is 17.3 Å². The Morgan fingerprint density at radius 1 is 1.29 bits per heavy atom. The van der Waals surface area contributed by atoms with Crippen LogP contribution in [0.4, 0.5) is 0 Å². The lowest BCUT2D eigenvalue weighted by molar-refractivity contribution is -0.156. The fraction of sp³-hybridized carbons (Fsp3) is 0.667. The van der Waals surface area contributed by atoms with E-state index in [9.17, 15) is 14.7 Å². The quantitative estimate of drug-likeness (QED) is 0.623. The number of nitrogens with one attached hydrogen (secondary N) is 2. The maximum absolute atomic E-state index is 13.4. The SMILES string of the molecule is CC(C)[C@@H](NC(=O)C[C@@H]1CCNC1)C(=O)N1CC[C@](O)(c2ccc(Cl)cc2)C(C)(C)C1. The number of nitrogens with zero attached hydrogens (tertiary/aromatic N) is 1. The fourth-order valence-electron chi connectivity index (χ4n) is 4.86. The third kappa shape index (κ3) is 5.24. The Bertz CT molecular complexity index is 790. The van der Waals surface area contributed by atoms with Gasteiger partial charge in [-0.15, -0.1) is 0 Å². The van der Waals surface area contributed by atoms with Gasteiger partial charge in [0.05, 0.1) is 5.60 Å². The van der Waals surface area contributed by atoms with Gasteiger partial charge in [-0.1, -0.05) is 51.4 Å². The number of aliphatic hydroxyl groups is 1. The van der Waals surface area contributed by atoms with Crippen LogP contribution in [-0.2, 0) is 15.2 Å². The molecule has 0 aromatic heterocycles. The van der Waals surface area contributed by atoms with Crippen molar-refractivity contribution >= 4 is 23.4 Å². The molecule has 2 amide bonds. The Labute approximate surface area is 190 Å². The van der Waals surface area contributed by atoms with Crippen molar-refractivity contribution in [2.75, 3.05) is 26.2 Å². The molecule has 172 valence electrons. The second kappa shape index (κ2) is 9.47. The van der Waals surface area contributed by atoms with Crippen molar-refractivity contribution in [1.29, 1.82) is 0 Å². The Balaban J connectivity index is 1.69. The minimum atomic E-state index is -1.06. The standard InChI is InChI=1S/C24H36ClN3O3/c1-16(2)21(27-20(29)13-17-9-11-26-14-17)22(30)28-12-10-24(31,23(3,4)15-28)18-5-7-19(25)8-6-18/h5-8,16-17,21,26,31H,9-15H2,1-4H3,(H,27,29)/t17-,21+,24-/m0/s1. The zero-order valence-electron chi connectivity index (χ0n) is 19.1. The highest BCUT2D eigenvalue weighted by molar-refractivity contribution is 6.30. The Morgan fingerprint density at radius 3 is 2.52 bits per heavy atom. The van der Waals surface area contributed by atoms with Crippen LogP contribution in [0.5, 0.6) is 0 Å². The molecule has 3 atom stereocenters. The van der Waals surface area contributed by atoms with Crippen LogP contribution in [0.2, 0.25) is 5.02 Å². The normalized spacial score (nSPS) is 26.7. The zero-order chi connectivity index (χ0) is 22.8. The van der Waals surface area contributed by atoms with E-state index in [1.54, 1.807) is 17.0 Å². The van der Waals surface area contributed by atoms with Crippen LogP contribution in [0.3, 0.4) is 0 Å². The van der Waals surface area contributed by atoms with Gasteiger partial charge >= 0.3 is 0 Å². The second-order valence-electron chi connectivity index (χ2n) is 10.1. The molecule has 0 spiro atoms. The van der Waals surface area contributed by atoms with Crippen LogP contribution in [0.1, 0.15) is 52.5 Å². The van der Waals surface area contributed by atoms with E-state index in [-0.39, 0.29) is 17.7 Å². The Morgan fingerprint density at radius 2 is 1.97 bits per heavy atom. The van der Waals surface area contributed by atoms with Gasteiger partial charge in [0.2, 0.25) is 11.8 Å². The van der Waals surface area contributed by atoms with Crippen molar-refractivity contribution in [3.05, 3.63) is 34.9 Å². The monoisotopic (exact) mass is 449 g/mol. The highest BCUT2D eigenvalue weighted by Gasteiger charge is 2.50. The zero-order valence-corrected chi connectivity index (χ0v) is 19.8. The molecule has 0 bridgehead atoms. The minimum absolute atomic E-state index is 0.0154. The van der Waals surface area contributed by atoms with E-state index in [2.05, 4.69) is 10.6 Å². The molecule has 2 fully saturated rings. The molecule has 2 aliphatic heterocycles. The summed E-state index contributed by atoms with van der Waals surface area (Å²) in [6, 6.07) is 6.73. The van der Waals surface area contributed by atoms with Crippen LogP contribution in [-0.4, -0.2) is 54.0 Å². The van der Waals surface area contributed by atoms with E-state index in [1.165, 1.54) is 0 Å². The summed E-state index contributed by atoms with van der Waals surface area (Å²) < 4.78 is 0. The first kappa shape index (κ1) is 24.0. The van der Waals surface area contributed by atoms with E-state index in [0.717, 1.165) is 25.1 Å². The van der Waals surface area contributed by atoms with Gasteiger partial charge in [0, 0.05) is 29.9 Å². The molecule has 3 rings (SSSR count). The molecule has 1 aromatic rings. The van der Waals surface area contributed by atoms with E-state index < -0.39 is 17.1 Å². The maximum atomic E-state index is 13.4. The number of amides is 2. The summed E-state index contributed by atoms with van der Waals surface area (Å²) in [7, 11) is 0. The number of hydrogen-bond acceptors (Lipinski definition) is 4. The molecule has 6 nitrogen and oxygen atoms in total. The molecular formula is C24H36ClN3O3. The molecule has 31 heavy (non-hydrogen) atoms. The van der Waals surface area contributed by atoms with E-state index >= 15 is 0 Å². The number of carbonyl (C=O) groups excluding carboxylic acids is 2. The Kier molecular flexibility index (Phi) is 7.34. The van der Waals surface area contributed by atoms with Gasteiger partial charge in [0.25, 0.3) is 0 Å². The van der Waals surface area contributed by atoms with Gasteiger partial charge in [0.15, 0.2) is 0 Å². The third-order valence-electron chi connectivity index (χ3n) is 6.97. The van der Waals surface area contributed by atoms with E-state index in [4.69, 9.17) is 11.6 Å². The highest BCUT2D eigenvalue weighted by atomic mass is 35.5. The first-order valence-electron chi connectivity index (χ1n) is 11.3. The molecule has 7 heteroatoms. The van der Waals surface area contributed by atoms with Crippen LogP contribution in [0.15, 0.2) is 24.3 Å². The molecule has 0 unspecified atom stereocenters. The molecule has 0 saturated carbocycles. The molecule has 2 heterocycles. The molecule has 2 saturated heterocycles. The first-order chi connectivity index (χ1) is 14.5. The smallest absolute Gasteiger partial charge is 0.245 e. The summed E-state index contributed by atoms with van der Waals surface area (Å²) in [5.74, 6) is 0.193. The lowest BCUT2D eigenvalue weighted by Crippen LogP contribution is -2.60. The fourth-order valence-corrected chi connectivity index (χ4v) is 4.99. The topological polar surface area (TPSA) is 81.7 Å². The largest absolute Gasteiger partial charge is 0.384 e. The van der Waals surface area contributed by atoms with E-state index in [0.29, 0.717) is 36.9 Å². The van der Waals surface area contributed by atoms with Crippen molar-refractivity contribution in [3.8, 4) is 0 Å². The first-order valence-corrected chi connectivity index (χ1v) is 11.7. The lowest BCUT2D eigenvalue weighted by atomic mass is 9.66. The van der Waals surface area contributed by atoms with Gasteiger partial charge < -0.3 is 20.6 Å². The lowest BCUT2D eigenvalue weighted by Gasteiger charge is -2.51. The van der Waals surface area contributed by atoms with Crippen molar-refractivity contribution < 1.29 is 14.7 Å². The summed E-state index contributed by atoms with van der Waals surface area (Å²) >= 11 is 6.02. The summed E-state index contributed by atoms with van der Waals surface area (Å²) in [4.78, 5) is 27.8. The summed E-state index contributed by atoms with van der Waals surface area (Å²) in [5, 5.41) is 18.4. The number of piperidine rings is 1. The second-order valence-corrected chi connectivity index (χ2v) is 10.5. The van der Waals surface area contributed by atoms with Crippen LogP contribution < -0.4 is 10.6 Å². The number of halogens is 1. The number of hydrogen-bond donors (Lipinski definition) is 3. The maximum Gasteiger partial charge on any atom is 0.245 e. The van der Waals surface area contributed by atoms with Gasteiger partial charge in [-0.2, -0.15) is 0 Å². The molecule has 0 radical (unpaired) electrons. The average molecular weight is 450 g/mol. The van der Waals surface area contributed by atoms with Gasteiger partial charge in [0.1, 0.15) is 6.04 Å². The summed E-state index contributed by atoms with van der Waals surface area (Å²) in [5.41, 5.74) is -0.802. The van der Waals surface area contributed by atoms with E-state index in [1.807, 2.05) is 39.8 Å². The number of benzene rings is 1.